The van der Waals surface area contributed by atoms with Gasteiger partial charge in [-0.05, 0) is 19.1 Å². The van der Waals surface area contributed by atoms with E-state index < -0.39 is 0 Å². The molecule has 0 bridgehead atoms. The summed E-state index contributed by atoms with van der Waals surface area (Å²) in [6.45, 7) is 3.72. The standard InChI is InChI=1S/C17H27N3O4.HI/c1-6-18-17(19-10-9-16(21)24-5)20(2)12-13-7-8-14(22-3)11-15(13)23-4;/h7-8,11H,6,9-10,12H2,1-5H3,(H,18,19);1H. The lowest BCUT2D eigenvalue weighted by molar-refractivity contribution is -0.140. The van der Waals surface area contributed by atoms with E-state index in [1.807, 2.05) is 37.1 Å². The molecule has 7 nitrogen and oxygen atoms in total. The Morgan fingerprint density at radius 3 is 2.52 bits per heavy atom. The summed E-state index contributed by atoms with van der Waals surface area (Å²) >= 11 is 0. The SMILES string of the molecule is CCNC(=NCCC(=O)OC)N(C)Cc1ccc(OC)cc1OC.I. The molecule has 0 aliphatic heterocycles. The van der Waals surface area contributed by atoms with E-state index in [1.165, 1.54) is 7.11 Å². The van der Waals surface area contributed by atoms with Gasteiger partial charge in [0.05, 0.1) is 34.3 Å². The molecule has 1 rings (SSSR count). The number of benzene rings is 1. The van der Waals surface area contributed by atoms with Crippen LogP contribution in [0, 0.1) is 0 Å². The maximum absolute atomic E-state index is 11.2. The number of rotatable bonds is 8. The van der Waals surface area contributed by atoms with E-state index in [1.54, 1.807) is 14.2 Å². The Balaban J connectivity index is 0.00000576. The lowest BCUT2D eigenvalue weighted by atomic mass is 10.2. The number of hydrogen-bond donors (Lipinski definition) is 1. The molecular weight excluding hydrogens is 437 g/mol. The van der Waals surface area contributed by atoms with Gasteiger partial charge in [-0.15, -0.1) is 24.0 Å². The van der Waals surface area contributed by atoms with Crippen molar-refractivity contribution in [3.8, 4) is 11.5 Å². The van der Waals surface area contributed by atoms with Crippen LogP contribution < -0.4 is 14.8 Å². The molecule has 0 saturated carbocycles. The highest BCUT2D eigenvalue weighted by molar-refractivity contribution is 14.0. The van der Waals surface area contributed by atoms with E-state index in [0.717, 1.165) is 29.6 Å². The first-order valence-corrected chi connectivity index (χ1v) is 7.82. The van der Waals surface area contributed by atoms with Gasteiger partial charge in [0.25, 0.3) is 0 Å². The van der Waals surface area contributed by atoms with Crippen LogP contribution in [0.3, 0.4) is 0 Å². The zero-order valence-electron chi connectivity index (χ0n) is 15.5. The molecule has 142 valence electrons. The summed E-state index contributed by atoms with van der Waals surface area (Å²) in [5, 5.41) is 3.21. The van der Waals surface area contributed by atoms with E-state index in [0.29, 0.717) is 13.1 Å². The molecule has 0 fully saturated rings. The van der Waals surface area contributed by atoms with E-state index in [9.17, 15) is 4.79 Å². The number of hydrogen-bond acceptors (Lipinski definition) is 5. The average Bonchev–Trinajstić information content (AvgIpc) is 2.60. The van der Waals surface area contributed by atoms with Gasteiger partial charge < -0.3 is 24.4 Å². The van der Waals surface area contributed by atoms with Crippen LogP contribution >= 0.6 is 24.0 Å². The molecule has 0 unspecified atom stereocenters. The summed E-state index contributed by atoms with van der Waals surface area (Å²) < 4.78 is 15.3. The highest BCUT2D eigenvalue weighted by atomic mass is 127. The minimum Gasteiger partial charge on any atom is -0.497 e. The van der Waals surface area contributed by atoms with Gasteiger partial charge in [0, 0.05) is 31.8 Å². The fraction of sp³-hybridized carbons (Fsp3) is 0.529. The molecule has 1 N–H and O–H groups in total. The molecule has 25 heavy (non-hydrogen) atoms. The molecular formula is C17H28IN3O4. The molecule has 8 heteroatoms. The van der Waals surface area contributed by atoms with Crippen molar-refractivity contribution in [2.45, 2.75) is 19.9 Å². The fourth-order valence-corrected chi connectivity index (χ4v) is 2.14. The third-order valence-corrected chi connectivity index (χ3v) is 3.40. The molecule has 0 atom stereocenters. The molecule has 0 amide bonds. The highest BCUT2D eigenvalue weighted by Crippen LogP contribution is 2.25. The van der Waals surface area contributed by atoms with Gasteiger partial charge in [-0.1, -0.05) is 0 Å². The number of nitrogens with zero attached hydrogens (tertiary/aromatic N) is 2. The maximum Gasteiger partial charge on any atom is 0.307 e. The predicted molar refractivity (Wildman–Crippen MR) is 109 cm³/mol. The van der Waals surface area contributed by atoms with Gasteiger partial charge in [0.2, 0.25) is 0 Å². The fourth-order valence-electron chi connectivity index (χ4n) is 2.14. The topological polar surface area (TPSA) is 72.4 Å². The van der Waals surface area contributed by atoms with Crippen molar-refractivity contribution in [2.75, 3.05) is 41.5 Å². The summed E-state index contributed by atoms with van der Waals surface area (Å²) in [5.74, 6) is 1.96. The van der Waals surface area contributed by atoms with Crippen LogP contribution in [0.5, 0.6) is 11.5 Å². The van der Waals surface area contributed by atoms with Gasteiger partial charge in [-0.3, -0.25) is 9.79 Å². The average molecular weight is 465 g/mol. The number of carbonyl (C=O) groups is 1. The van der Waals surface area contributed by atoms with Crippen LogP contribution in [0.25, 0.3) is 0 Å². The second-order valence-electron chi connectivity index (χ2n) is 5.10. The molecule has 1 aromatic carbocycles. The van der Waals surface area contributed by atoms with Crippen LogP contribution in [0.4, 0.5) is 0 Å². The van der Waals surface area contributed by atoms with Gasteiger partial charge in [0.1, 0.15) is 11.5 Å². The highest BCUT2D eigenvalue weighted by Gasteiger charge is 2.11. The number of methoxy groups -OCH3 is 3. The smallest absolute Gasteiger partial charge is 0.307 e. The molecule has 0 heterocycles. The lowest BCUT2D eigenvalue weighted by Crippen LogP contribution is -2.38. The number of guanidine groups is 1. The van der Waals surface area contributed by atoms with Crippen LogP contribution in [0.15, 0.2) is 23.2 Å². The van der Waals surface area contributed by atoms with Crippen molar-refractivity contribution in [1.82, 2.24) is 10.2 Å². The summed E-state index contributed by atoms with van der Waals surface area (Å²) in [4.78, 5) is 17.6. The molecule has 0 aromatic heterocycles. The Morgan fingerprint density at radius 2 is 1.96 bits per heavy atom. The Labute approximate surface area is 166 Å². The van der Waals surface area contributed by atoms with Crippen LogP contribution in [-0.2, 0) is 16.1 Å². The van der Waals surface area contributed by atoms with E-state index in [2.05, 4.69) is 15.0 Å². The minimum absolute atomic E-state index is 0. The number of aliphatic imine (C=N–C) groups is 1. The maximum atomic E-state index is 11.2. The molecule has 1 aromatic rings. The van der Waals surface area contributed by atoms with Crippen molar-refractivity contribution in [3.63, 3.8) is 0 Å². The Hall–Kier alpha value is -1.71. The van der Waals surface area contributed by atoms with Crippen LogP contribution in [0.2, 0.25) is 0 Å². The van der Waals surface area contributed by atoms with Crippen molar-refractivity contribution in [2.24, 2.45) is 4.99 Å². The zero-order valence-corrected chi connectivity index (χ0v) is 17.8. The summed E-state index contributed by atoms with van der Waals surface area (Å²) in [6.07, 6.45) is 0.255. The molecule has 0 aliphatic rings. The van der Waals surface area contributed by atoms with E-state index in [4.69, 9.17) is 9.47 Å². The monoisotopic (exact) mass is 465 g/mol. The van der Waals surface area contributed by atoms with Crippen molar-refractivity contribution < 1.29 is 19.0 Å². The normalized spacial score (nSPS) is 10.5. The van der Waals surface area contributed by atoms with Gasteiger partial charge >= 0.3 is 5.97 Å². The summed E-state index contributed by atoms with van der Waals surface area (Å²) in [6, 6.07) is 5.71. The van der Waals surface area contributed by atoms with Gasteiger partial charge in [-0.2, -0.15) is 0 Å². The van der Waals surface area contributed by atoms with Crippen LogP contribution in [0.1, 0.15) is 18.9 Å². The van der Waals surface area contributed by atoms with E-state index >= 15 is 0 Å². The first-order valence-electron chi connectivity index (χ1n) is 7.82. The minimum atomic E-state index is -0.269. The number of ether oxygens (including phenoxy) is 3. The number of esters is 1. The second-order valence-corrected chi connectivity index (χ2v) is 5.10. The summed E-state index contributed by atoms with van der Waals surface area (Å²) in [5.41, 5.74) is 1.01. The second kappa shape index (κ2) is 12.6. The Kier molecular flexibility index (Phi) is 11.8. The van der Waals surface area contributed by atoms with Crippen molar-refractivity contribution in [3.05, 3.63) is 23.8 Å². The Bertz CT molecular complexity index is 567. The first kappa shape index (κ1) is 23.3. The Morgan fingerprint density at radius 1 is 1.24 bits per heavy atom. The molecule has 0 aliphatic carbocycles. The lowest BCUT2D eigenvalue weighted by Gasteiger charge is -2.23. The zero-order chi connectivity index (χ0) is 17.9. The van der Waals surface area contributed by atoms with Crippen molar-refractivity contribution in [1.29, 1.82) is 0 Å². The number of nitrogens with one attached hydrogen (secondary N) is 1. The van der Waals surface area contributed by atoms with Crippen molar-refractivity contribution >= 4 is 35.9 Å². The van der Waals surface area contributed by atoms with E-state index in [-0.39, 0.29) is 36.4 Å². The molecule has 0 radical (unpaired) electrons. The summed E-state index contributed by atoms with van der Waals surface area (Å²) in [7, 11) is 6.56. The third kappa shape index (κ3) is 7.80. The number of carbonyl (C=O) groups excluding carboxylic acids is 1. The molecule has 0 spiro atoms. The van der Waals surface area contributed by atoms with Gasteiger partial charge in [-0.25, -0.2) is 0 Å². The number of halogens is 1. The molecule has 0 saturated heterocycles. The third-order valence-electron chi connectivity index (χ3n) is 3.40. The predicted octanol–water partition coefficient (Wildman–Crippen LogP) is 2.28. The largest absolute Gasteiger partial charge is 0.497 e. The van der Waals surface area contributed by atoms with Gasteiger partial charge in [0.15, 0.2) is 5.96 Å². The quantitative estimate of drug-likeness (QED) is 0.275. The van der Waals surface area contributed by atoms with Crippen LogP contribution in [-0.4, -0.2) is 58.3 Å². The first-order chi connectivity index (χ1) is 11.5.